The van der Waals surface area contributed by atoms with Crippen molar-refractivity contribution in [3.8, 4) is 17.2 Å². The van der Waals surface area contributed by atoms with Crippen LogP contribution in [0.1, 0.15) is 11.1 Å². The number of anilines is 1. The zero-order chi connectivity index (χ0) is 21.9. The van der Waals surface area contributed by atoms with E-state index in [1.54, 1.807) is 13.3 Å². The number of rotatable bonds is 9. The standard InChI is InChI=1S/C24H25N3O3S/c1-18-7-3-5-9-22(18)26-24(31)27-25-17-19-8-4-6-10-23(19)30-16-15-29-21-13-11-20(28-2)12-14-21/h3-14,17H,15-16H2,1-2H3,(H2,26,27,31)/b25-17-. The van der Waals surface area contributed by atoms with Crippen LogP contribution in [0, 0.1) is 6.92 Å². The highest BCUT2D eigenvalue weighted by Crippen LogP contribution is 2.18. The first-order valence-electron chi connectivity index (χ1n) is 9.80. The van der Waals surface area contributed by atoms with Crippen molar-refractivity contribution in [1.82, 2.24) is 5.43 Å². The highest BCUT2D eigenvalue weighted by atomic mass is 32.1. The molecule has 0 heterocycles. The summed E-state index contributed by atoms with van der Waals surface area (Å²) < 4.78 is 16.7. The Morgan fingerprint density at radius 2 is 1.58 bits per heavy atom. The zero-order valence-corrected chi connectivity index (χ0v) is 18.3. The molecule has 0 spiro atoms. The van der Waals surface area contributed by atoms with Crippen molar-refractivity contribution in [1.29, 1.82) is 0 Å². The third kappa shape index (κ3) is 7.01. The largest absolute Gasteiger partial charge is 0.497 e. The number of thiocarbonyl (C=S) groups is 1. The topological polar surface area (TPSA) is 64.1 Å². The Balaban J connectivity index is 1.47. The fraction of sp³-hybridized carbons (Fsp3) is 0.167. The molecule has 3 aromatic carbocycles. The molecule has 160 valence electrons. The quantitative estimate of drug-likeness (QED) is 0.218. The Bertz CT molecular complexity index is 1020. The molecule has 0 aliphatic rings. The first kappa shape index (κ1) is 22.1. The number of nitrogens with zero attached hydrogens (tertiary/aromatic N) is 1. The van der Waals surface area contributed by atoms with Crippen LogP contribution in [0.3, 0.4) is 0 Å². The van der Waals surface area contributed by atoms with Gasteiger partial charge >= 0.3 is 0 Å². The summed E-state index contributed by atoms with van der Waals surface area (Å²) in [6, 6.07) is 23.0. The fourth-order valence-corrected chi connectivity index (χ4v) is 2.89. The number of nitrogens with one attached hydrogen (secondary N) is 2. The van der Waals surface area contributed by atoms with E-state index in [0.29, 0.717) is 24.1 Å². The molecule has 31 heavy (non-hydrogen) atoms. The molecule has 3 rings (SSSR count). The predicted molar refractivity (Wildman–Crippen MR) is 129 cm³/mol. The molecule has 0 unspecified atom stereocenters. The van der Waals surface area contributed by atoms with Crippen molar-refractivity contribution in [3.05, 3.63) is 83.9 Å². The van der Waals surface area contributed by atoms with Gasteiger partial charge in [-0.1, -0.05) is 30.3 Å². The van der Waals surface area contributed by atoms with Crippen molar-refractivity contribution in [2.75, 3.05) is 25.6 Å². The number of aryl methyl sites for hydroxylation is 1. The maximum Gasteiger partial charge on any atom is 0.191 e. The smallest absolute Gasteiger partial charge is 0.191 e. The van der Waals surface area contributed by atoms with Crippen LogP contribution in [-0.4, -0.2) is 31.7 Å². The van der Waals surface area contributed by atoms with Crippen LogP contribution >= 0.6 is 12.2 Å². The molecule has 0 radical (unpaired) electrons. The third-order valence-electron chi connectivity index (χ3n) is 4.35. The van der Waals surface area contributed by atoms with Crippen molar-refractivity contribution < 1.29 is 14.2 Å². The molecular weight excluding hydrogens is 410 g/mol. The van der Waals surface area contributed by atoms with E-state index in [9.17, 15) is 0 Å². The first-order chi connectivity index (χ1) is 15.2. The molecule has 7 heteroatoms. The van der Waals surface area contributed by atoms with Crippen molar-refractivity contribution in [3.63, 3.8) is 0 Å². The molecule has 2 N–H and O–H groups in total. The molecule has 6 nitrogen and oxygen atoms in total. The second kappa shape index (κ2) is 11.6. The molecule has 3 aromatic rings. The zero-order valence-electron chi connectivity index (χ0n) is 17.5. The number of ether oxygens (including phenoxy) is 3. The maximum absolute atomic E-state index is 5.86. The summed E-state index contributed by atoms with van der Waals surface area (Å²) in [5.74, 6) is 2.27. The van der Waals surface area contributed by atoms with Gasteiger partial charge in [-0.15, -0.1) is 0 Å². The van der Waals surface area contributed by atoms with Gasteiger partial charge < -0.3 is 19.5 Å². The van der Waals surface area contributed by atoms with Gasteiger partial charge in [0.05, 0.1) is 13.3 Å². The molecule has 0 aliphatic carbocycles. The van der Waals surface area contributed by atoms with E-state index in [1.165, 1.54) is 0 Å². The summed E-state index contributed by atoms with van der Waals surface area (Å²) in [5.41, 5.74) is 5.71. The summed E-state index contributed by atoms with van der Waals surface area (Å²) in [6.45, 7) is 2.83. The monoisotopic (exact) mass is 435 g/mol. The van der Waals surface area contributed by atoms with E-state index in [2.05, 4.69) is 15.8 Å². The lowest BCUT2D eigenvalue weighted by molar-refractivity contribution is 0.217. The average Bonchev–Trinajstić information content (AvgIpc) is 2.79. The van der Waals surface area contributed by atoms with Crippen LogP contribution < -0.4 is 25.0 Å². The minimum absolute atomic E-state index is 0.400. The summed E-state index contributed by atoms with van der Waals surface area (Å²) >= 11 is 5.30. The number of hydrogen-bond acceptors (Lipinski definition) is 5. The van der Waals surface area contributed by atoms with Gasteiger partial charge in [-0.3, -0.25) is 5.43 Å². The number of benzene rings is 3. The van der Waals surface area contributed by atoms with Crippen LogP contribution in [0.4, 0.5) is 5.69 Å². The van der Waals surface area contributed by atoms with E-state index < -0.39 is 0 Å². The number of para-hydroxylation sites is 2. The number of hydrazone groups is 1. The Morgan fingerprint density at radius 3 is 2.35 bits per heavy atom. The van der Waals surface area contributed by atoms with E-state index >= 15 is 0 Å². The van der Waals surface area contributed by atoms with Gasteiger partial charge in [0.1, 0.15) is 30.5 Å². The van der Waals surface area contributed by atoms with Crippen LogP contribution in [-0.2, 0) is 0 Å². The lowest BCUT2D eigenvalue weighted by Gasteiger charge is -2.11. The van der Waals surface area contributed by atoms with E-state index in [0.717, 1.165) is 28.3 Å². The van der Waals surface area contributed by atoms with Crippen LogP contribution in [0.25, 0.3) is 0 Å². The van der Waals surface area contributed by atoms with Gasteiger partial charge in [-0.2, -0.15) is 5.10 Å². The van der Waals surface area contributed by atoms with Crippen LogP contribution in [0.2, 0.25) is 0 Å². The third-order valence-corrected chi connectivity index (χ3v) is 4.54. The Labute approximate surface area is 187 Å². The number of methoxy groups -OCH3 is 1. The summed E-state index contributed by atoms with van der Waals surface area (Å²) in [5, 5.41) is 7.76. The molecule has 0 saturated carbocycles. The maximum atomic E-state index is 5.86. The SMILES string of the molecule is COc1ccc(OCCOc2ccccc2/C=N\NC(=S)Nc2ccccc2C)cc1. The van der Waals surface area contributed by atoms with Gasteiger partial charge in [0.25, 0.3) is 0 Å². The summed E-state index contributed by atoms with van der Waals surface area (Å²) in [4.78, 5) is 0. The predicted octanol–water partition coefficient (Wildman–Crippen LogP) is 4.78. The molecule has 0 fully saturated rings. The Hall–Kier alpha value is -3.58. The normalized spacial score (nSPS) is 10.5. The molecule has 0 aliphatic heterocycles. The lowest BCUT2D eigenvalue weighted by atomic mass is 10.2. The first-order valence-corrected chi connectivity index (χ1v) is 10.2. The Morgan fingerprint density at radius 1 is 0.903 bits per heavy atom. The summed E-state index contributed by atoms with van der Waals surface area (Å²) in [6.07, 6.45) is 1.67. The van der Waals surface area contributed by atoms with E-state index in [-0.39, 0.29) is 0 Å². The minimum atomic E-state index is 0.400. The molecule has 0 aromatic heterocycles. The van der Waals surface area contributed by atoms with Gasteiger partial charge in [-0.05, 0) is 67.2 Å². The van der Waals surface area contributed by atoms with Gasteiger partial charge in [-0.25, -0.2) is 0 Å². The van der Waals surface area contributed by atoms with Gasteiger partial charge in [0, 0.05) is 11.3 Å². The summed E-state index contributed by atoms with van der Waals surface area (Å²) in [7, 11) is 1.63. The van der Waals surface area contributed by atoms with Gasteiger partial charge in [0.2, 0.25) is 0 Å². The molecule has 0 saturated heterocycles. The lowest BCUT2D eigenvalue weighted by Crippen LogP contribution is -2.24. The molecule has 0 amide bonds. The molecular formula is C24H25N3O3S. The van der Waals surface area contributed by atoms with Gasteiger partial charge in [0.15, 0.2) is 5.11 Å². The van der Waals surface area contributed by atoms with Crippen molar-refractivity contribution >= 4 is 29.2 Å². The minimum Gasteiger partial charge on any atom is -0.497 e. The average molecular weight is 436 g/mol. The van der Waals surface area contributed by atoms with Crippen LogP contribution in [0.5, 0.6) is 17.2 Å². The highest BCUT2D eigenvalue weighted by molar-refractivity contribution is 7.80. The van der Waals surface area contributed by atoms with Crippen LogP contribution in [0.15, 0.2) is 77.9 Å². The second-order valence-electron chi connectivity index (χ2n) is 6.55. The van der Waals surface area contributed by atoms with Crippen molar-refractivity contribution in [2.45, 2.75) is 6.92 Å². The van der Waals surface area contributed by atoms with Crippen molar-refractivity contribution in [2.24, 2.45) is 5.10 Å². The number of hydrogen-bond donors (Lipinski definition) is 2. The highest BCUT2D eigenvalue weighted by Gasteiger charge is 2.02. The van der Waals surface area contributed by atoms with E-state index in [1.807, 2.05) is 79.7 Å². The molecule has 0 atom stereocenters. The van der Waals surface area contributed by atoms with E-state index in [4.69, 9.17) is 26.4 Å². The Kier molecular flexibility index (Phi) is 8.25. The molecule has 0 bridgehead atoms. The second-order valence-corrected chi connectivity index (χ2v) is 6.96. The fourth-order valence-electron chi connectivity index (χ4n) is 2.73.